The lowest BCUT2D eigenvalue weighted by atomic mass is 9.67. The van der Waals surface area contributed by atoms with E-state index in [1.165, 1.54) is 0 Å². The van der Waals surface area contributed by atoms with Gasteiger partial charge >= 0.3 is 18.0 Å². The molecule has 24 heavy (non-hydrogen) atoms. The third-order valence-corrected chi connectivity index (χ3v) is 5.10. The van der Waals surface area contributed by atoms with Crippen molar-refractivity contribution in [1.29, 1.82) is 0 Å². The number of nitrogens with one attached hydrogen (secondary N) is 1. The van der Waals surface area contributed by atoms with E-state index >= 15 is 0 Å². The minimum Gasteiger partial charge on any atom is -0.480 e. The van der Waals surface area contributed by atoms with E-state index in [9.17, 15) is 24.6 Å². The number of hydrogen-bond donors (Lipinski definition) is 3. The molecule has 0 spiro atoms. The van der Waals surface area contributed by atoms with E-state index < -0.39 is 34.5 Å². The Hall–Kier alpha value is -1.79. The Balaban J connectivity index is 2.92. The first kappa shape index (κ1) is 20.3. The Morgan fingerprint density at radius 1 is 1.17 bits per heavy atom. The van der Waals surface area contributed by atoms with Crippen molar-refractivity contribution in [3.8, 4) is 0 Å². The van der Waals surface area contributed by atoms with Gasteiger partial charge in [0.15, 0.2) is 5.41 Å². The fourth-order valence-corrected chi connectivity index (χ4v) is 3.82. The van der Waals surface area contributed by atoms with Gasteiger partial charge in [-0.15, -0.1) is 0 Å². The lowest BCUT2D eigenvalue weighted by Crippen LogP contribution is -2.50. The molecular formula is C17H29NO6. The molecule has 0 aromatic rings. The number of aliphatic carboxylic acids is 2. The fraction of sp³-hybridized carbons (Fsp3) is 0.824. The molecule has 0 aromatic heterocycles. The Bertz CT molecular complexity index is 496. The number of alkyl carbamates (subject to hydrolysis) is 1. The summed E-state index contributed by atoms with van der Waals surface area (Å²) in [6.45, 7) is 8.85. The van der Waals surface area contributed by atoms with Crippen LogP contribution in [0.1, 0.15) is 60.3 Å². The van der Waals surface area contributed by atoms with Gasteiger partial charge in [0, 0.05) is 12.0 Å². The zero-order chi connectivity index (χ0) is 18.8. The molecule has 0 saturated heterocycles. The van der Waals surface area contributed by atoms with E-state index in [4.69, 9.17) is 4.74 Å². The van der Waals surface area contributed by atoms with Gasteiger partial charge in [-0.25, -0.2) is 4.79 Å². The van der Waals surface area contributed by atoms with Crippen LogP contribution in [0.5, 0.6) is 0 Å². The first-order valence-corrected chi connectivity index (χ1v) is 8.40. The van der Waals surface area contributed by atoms with E-state index in [0.29, 0.717) is 12.8 Å². The highest BCUT2D eigenvalue weighted by atomic mass is 16.6. The smallest absolute Gasteiger partial charge is 0.407 e. The van der Waals surface area contributed by atoms with Crippen molar-refractivity contribution < 1.29 is 29.3 Å². The summed E-state index contributed by atoms with van der Waals surface area (Å²) in [5, 5.41) is 22.0. The second-order valence-electron chi connectivity index (χ2n) is 7.51. The summed E-state index contributed by atoms with van der Waals surface area (Å²) in [6, 6.07) is 0. The van der Waals surface area contributed by atoms with Crippen LogP contribution in [0.15, 0.2) is 0 Å². The van der Waals surface area contributed by atoms with Crippen molar-refractivity contribution in [1.82, 2.24) is 5.32 Å². The van der Waals surface area contributed by atoms with Gasteiger partial charge in [-0.3, -0.25) is 9.59 Å². The number of carbonyl (C=O) groups excluding carboxylic acids is 1. The number of carboxylic acid groups (broad SMARTS) is 2. The highest BCUT2D eigenvalue weighted by molar-refractivity contribution is 6.00. The first-order chi connectivity index (χ1) is 11.0. The molecule has 7 heteroatoms. The lowest BCUT2D eigenvalue weighted by molar-refractivity contribution is -0.172. The van der Waals surface area contributed by atoms with E-state index in [2.05, 4.69) is 5.32 Å². The molecule has 0 aromatic carbocycles. The van der Waals surface area contributed by atoms with Crippen molar-refractivity contribution in [2.24, 2.45) is 16.7 Å². The number of carboxylic acids is 2. The molecule has 0 bridgehead atoms. The largest absolute Gasteiger partial charge is 0.480 e. The van der Waals surface area contributed by atoms with Crippen LogP contribution in [-0.4, -0.2) is 40.4 Å². The highest BCUT2D eigenvalue weighted by Crippen LogP contribution is 2.68. The zero-order valence-corrected chi connectivity index (χ0v) is 15.1. The van der Waals surface area contributed by atoms with Gasteiger partial charge in [-0.1, -0.05) is 20.3 Å². The molecule has 138 valence electrons. The Morgan fingerprint density at radius 3 is 2.04 bits per heavy atom. The topological polar surface area (TPSA) is 113 Å². The maximum Gasteiger partial charge on any atom is 0.407 e. The number of hydrogen-bond acceptors (Lipinski definition) is 4. The van der Waals surface area contributed by atoms with Gasteiger partial charge in [-0.2, -0.15) is 0 Å². The minimum atomic E-state index is -1.89. The molecule has 0 heterocycles. The minimum absolute atomic E-state index is 0.0638. The molecule has 1 rings (SSSR count). The highest BCUT2D eigenvalue weighted by Gasteiger charge is 2.71. The van der Waals surface area contributed by atoms with Crippen LogP contribution in [0.4, 0.5) is 4.79 Å². The quantitative estimate of drug-likeness (QED) is 0.584. The van der Waals surface area contributed by atoms with Crippen LogP contribution < -0.4 is 5.32 Å². The average molecular weight is 343 g/mol. The van der Waals surface area contributed by atoms with E-state index in [-0.39, 0.29) is 18.9 Å². The van der Waals surface area contributed by atoms with Gasteiger partial charge in [-0.05, 0) is 46.0 Å². The predicted molar refractivity (Wildman–Crippen MR) is 87.7 cm³/mol. The molecule has 2 unspecified atom stereocenters. The molecular weight excluding hydrogens is 314 g/mol. The molecule has 2 atom stereocenters. The molecule has 1 fully saturated rings. The van der Waals surface area contributed by atoms with Gasteiger partial charge in [0.1, 0.15) is 5.60 Å². The summed E-state index contributed by atoms with van der Waals surface area (Å²) in [7, 11) is 0. The number of rotatable bonds is 8. The van der Waals surface area contributed by atoms with Crippen molar-refractivity contribution in [3.63, 3.8) is 0 Å². The van der Waals surface area contributed by atoms with E-state index in [1.54, 1.807) is 20.8 Å². The predicted octanol–water partition coefficient (Wildman–Crippen LogP) is 2.88. The molecule has 0 radical (unpaired) electrons. The van der Waals surface area contributed by atoms with Crippen molar-refractivity contribution in [3.05, 3.63) is 0 Å². The van der Waals surface area contributed by atoms with Crippen LogP contribution in [-0.2, 0) is 14.3 Å². The van der Waals surface area contributed by atoms with Crippen molar-refractivity contribution >= 4 is 18.0 Å². The SMILES string of the molecule is CCC1CC1(CC)C(CCNC(=O)OC(C)(C)C)(C(=O)O)C(=O)O. The molecule has 1 aliphatic rings. The average Bonchev–Trinajstić information content (AvgIpc) is 3.16. The molecule has 3 N–H and O–H groups in total. The van der Waals surface area contributed by atoms with Crippen LogP contribution in [0.25, 0.3) is 0 Å². The third-order valence-electron chi connectivity index (χ3n) is 5.10. The van der Waals surface area contributed by atoms with Crippen LogP contribution in [0.2, 0.25) is 0 Å². The summed E-state index contributed by atoms with van der Waals surface area (Å²) in [6.07, 6.45) is 0.971. The second-order valence-corrected chi connectivity index (χ2v) is 7.51. The van der Waals surface area contributed by atoms with E-state index in [0.717, 1.165) is 6.42 Å². The number of carbonyl (C=O) groups is 3. The second kappa shape index (κ2) is 6.99. The van der Waals surface area contributed by atoms with Crippen LogP contribution in [0, 0.1) is 16.7 Å². The fourth-order valence-electron chi connectivity index (χ4n) is 3.82. The Morgan fingerprint density at radius 2 is 1.71 bits per heavy atom. The Labute approximate surface area is 142 Å². The molecule has 1 amide bonds. The summed E-state index contributed by atoms with van der Waals surface area (Å²) in [5.74, 6) is -2.59. The molecule has 1 saturated carbocycles. The van der Waals surface area contributed by atoms with Crippen LogP contribution >= 0.6 is 0 Å². The zero-order valence-electron chi connectivity index (χ0n) is 15.1. The first-order valence-electron chi connectivity index (χ1n) is 8.40. The summed E-state index contributed by atoms with van der Waals surface area (Å²) < 4.78 is 5.10. The van der Waals surface area contributed by atoms with Gasteiger partial charge in [0.2, 0.25) is 0 Å². The van der Waals surface area contributed by atoms with Crippen LogP contribution in [0.3, 0.4) is 0 Å². The Kier molecular flexibility index (Phi) is 5.90. The van der Waals surface area contributed by atoms with E-state index in [1.807, 2.05) is 13.8 Å². The third kappa shape index (κ3) is 3.65. The number of amides is 1. The van der Waals surface area contributed by atoms with Crippen molar-refractivity contribution in [2.75, 3.05) is 6.54 Å². The van der Waals surface area contributed by atoms with Gasteiger partial charge in [0.05, 0.1) is 0 Å². The van der Waals surface area contributed by atoms with Gasteiger partial charge < -0.3 is 20.3 Å². The number of ether oxygens (including phenoxy) is 1. The summed E-state index contributed by atoms with van der Waals surface area (Å²) in [5.41, 5.74) is -3.32. The standard InChI is InChI=1S/C17H29NO6/c1-6-11-10-16(11,7-2)17(12(19)20,13(21)22)8-9-18-14(23)24-15(3,4)5/h11H,6-10H2,1-5H3,(H,18,23)(H,19,20)(H,21,22). The molecule has 0 aliphatic heterocycles. The normalized spacial score (nSPS) is 23.5. The monoisotopic (exact) mass is 343 g/mol. The molecule has 7 nitrogen and oxygen atoms in total. The lowest BCUT2D eigenvalue weighted by Gasteiger charge is -2.34. The summed E-state index contributed by atoms with van der Waals surface area (Å²) in [4.78, 5) is 35.6. The summed E-state index contributed by atoms with van der Waals surface area (Å²) >= 11 is 0. The maximum atomic E-state index is 11.9. The van der Waals surface area contributed by atoms with Gasteiger partial charge in [0.25, 0.3) is 0 Å². The van der Waals surface area contributed by atoms with Crippen molar-refractivity contribution in [2.45, 2.75) is 65.9 Å². The maximum absolute atomic E-state index is 11.9. The molecule has 1 aliphatic carbocycles.